The quantitative estimate of drug-likeness (QED) is 0.683. The minimum Gasteiger partial charge on any atom is -0.497 e. The molecule has 3 rings (SSSR count). The van der Waals surface area contributed by atoms with Crippen LogP contribution in [-0.2, 0) is 11.2 Å². The Hall–Kier alpha value is -3.27. The summed E-state index contributed by atoms with van der Waals surface area (Å²) in [5.74, 6) is 1.17. The summed E-state index contributed by atoms with van der Waals surface area (Å²) in [6.45, 7) is 0. The molecule has 0 aliphatic carbocycles. The SMILES string of the molecule is COc1cc(CC=CC(N)=O)cc(-c2ccc3cc(OC)ccc3c2)c1. The van der Waals surface area contributed by atoms with Crippen LogP contribution in [0, 0.1) is 0 Å². The Morgan fingerprint density at radius 2 is 1.62 bits per heavy atom. The zero-order valence-corrected chi connectivity index (χ0v) is 14.9. The van der Waals surface area contributed by atoms with Crippen LogP contribution in [0.15, 0.2) is 66.7 Å². The Kier molecular flexibility index (Phi) is 5.23. The molecule has 3 aromatic rings. The third kappa shape index (κ3) is 4.03. The first-order valence-corrected chi connectivity index (χ1v) is 8.31. The molecule has 0 aliphatic heterocycles. The molecule has 0 saturated carbocycles. The third-order valence-corrected chi connectivity index (χ3v) is 4.22. The minimum absolute atomic E-state index is 0.446. The first-order chi connectivity index (χ1) is 12.6. The normalized spacial score (nSPS) is 11.0. The maximum atomic E-state index is 10.9. The van der Waals surface area contributed by atoms with Crippen LogP contribution in [0.25, 0.3) is 21.9 Å². The predicted octanol–water partition coefficient (Wildman–Crippen LogP) is 4.11. The summed E-state index contributed by atoms with van der Waals surface area (Å²) < 4.78 is 10.7. The van der Waals surface area contributed by atoms with Crippen molar-refractivity contribution in [3.63, 3.8) is 0 Å². The van der Waals surface area contributed by atoms with Gasteiger partial charge in [0.25, 0.3) is 0 Å². The Morgan fingerprint density at radius 1 is 0.885 bits per heavy atom. The molecule has 0 fully saturated rings. The molecule has 132 valence electrons. The van der Waals surface area contributed by atoms with Crippen LogP contribution in [0.4, 0.5) is 0 Å². The van der Waals surface area contributed by atoms with Gasteiger partial charge in [-0.1, -0.05) is 30.3 Å². The zero-order valence-electron chi connectivity index (χ0n) is 14.9. The van der Waals surface area contributed by atoms with Crippen molar-refractivity contribution in [2.24, 2.45) is 5.73 Å². The number of nitrogens with two attached hydrogens (primary N) is 1. The highest BCUT2D eigenvalue weighted by molar-refractivity contribution is 5.88. The van der Waals surface area contributed by atoms with E-state index < -0.39 is 5.91 Å². The van der Waals surface area contributed by atoms with Crippen molar-refractivity contribution >= 4 is 16.7 Å². The number of amides is 1. The van der Waals surface area contributed by atoms with E-state index in [-0.39, 0.29) is 0 Å². The Bertz CT molecular complexity index is 976. The van der Waals surface area contributed by atoms with E-state index in [4.69, 9.17) is 15.2 Å². The van der Waals surface area contributed by atoms with Crippen molar-refractivity contribution in [3.8, 4) is 22.6 Å². The molecule has 0 aliphatic rings. The van der Waals surface area contributed by atoms with Gasteiger partial charge in [0.2, 0.25) is 5.91 Å². The fourth-order valence-electron chi connectivity index (χ4n) is 2.90. The summed E-state index contributed by atoms with van der Waals surface area (Å²) >= 11 is 0. The lowest BCUT2D eigenvalue weighted by Gasteiger charge is -2.10. The van der Waals surface area contributed by atoms with Gasteiger partial charge in [-0.3, -0.25) is 4.79 Å². The van der Waals surface area contributed by atoms with E-state index in [1.54, 1.807) is 20.3 Å². The Balaban J connectivity index is 1.99. The molecule has 0 atom stereocenters. The Morgan fingerprint density at radius 3 is 2.35 bits per heavy atom. The van der Waals surface area contributed by atoms with Crippen LogP contribution >= 0.6 is 0 Å². The van der Waals surface area contributed by atoms with Crippen LogP contribution in [-0.4, -0.2) is 20.1 Å². The zero-order chi connectivity index (χ0) is 18.5. The van der Waals surface area contributed by atoms with E-state index >= 15 is 0 Å². The summed E-state index contributed by atoms with van der Waals surface area (Å²) in [5, 5.41) is 2.27. The largest absolute Gasteiger partial charge is 0.497 e. The van der Waals surface area contributed by atoms with Crippen LogP contribution in [0.5, 0.6) is 11.5 Å². The molecule has 0 bridgehead atoms. The molecule has 4 nitrogen and oxygen atoms in total. The average molecular weight is 347 g/mol. The van der Waals surface area contributed by atoms with Gasteiger partial charge in [0, 0.05) is 0 Å². The highest BCUT2D eigenvalue weighted by Crippen LogP contribution is 2.30. The van der Waals surface area contributed by atoms with Gasteiger partial charge in [-0.2, -0.15) is 0 Å². The second kappa shape index (κ2) is 7.74. The van der Waals surface area contributed by atoms with Gasteiger partial charge in [0.15, 0.2) is 0 Å². The van der Waals surface area contributed by atoms with Crippen molar-refractivity contribution in [3.05, 3.63) is 72.3 Å². The van der Waals surface area contributed by atoms with Crippen LogP contribution in [0.3, 0.4) is 0 Å². The van der Waals surface area contributed by atoms with Crippen LogP contribution < -0.4 is 15.2 Å². The number of benzene rings is 3. The standard InChI is InChI=1S/C22H21NO3/c1-25-20-9-8-16-12-17(6-7-18(16)13-20)19-10-15(4-3-5-22(23)24)11-21(14-19)26-2/h3,5-14H,4H2,1-2H3,(H2,23,24). The number of ether oxygens (including phenoxy) is 2. The van der Waals surface area contributed by atoms with Crippen LogP contribution in [0.1, 0.15) is 5.56 Å². The van der Waals surface area contributed by atoms with Crippen LogP contribution in [0.2, 0.25) is 0 Å². The van der Waals surface area contributed by atoms with Gasteiger partial charge in [-0.25, -0.2) is 0 Å². The highest BCUT2D eigenvalue weighted by Gasteiger charge is 2.05. The molecule has 0 unspecified atom stereocenters. The number of hydrogen-bond donors (Lipinski definition) is 1. The van der Waals surface area contributed by atoms with Gasteiger partial charge < -0.3 is 15.2 Å². The summed E-state index contributed by atoms with van der Waals surface area (Å²) in [6, 6.07) is 18.4. The highest BCUT2D eigenvalue weighted by atomic mass is 16.5. The van der Waals surface area contributed by atoms with E-state index in [1.807, 2.05) is 30.3 Å². The van der Waals surface area contributed by atoms with Gasteiger partial charge in [-0.05, 0) is 70.3 Å². The molecule has 0 radical (unpaired) electrons. The molecule has 0 spiro atoms. The van der Waals surface area contributed by atoms with E-state index in [2.05, 4.69) is 24.3 Å². The third-order valence-electron chi connectivity index (χ3n) is 4.22. The molecule has 26 heavy (non-hydrogen) atoms. The second-order valence-electron chi connectivity index (χ2n) is 6.01. The maximum Gasteiger partial charge on any atom is 0.241 e. The molecule has 0 heterocycles. The molecule has 0 saturated heterocycles. The number of fused-ring (bicyclic) bond motifs is 1. The lowest BCUT2D eigenvalue weighted by atomic mass is 9.98. The lowest BCUT2D eigenvalue weighted by molar-refractivity contribution is -0.113. The topological polar surface area (TPSA) is 61.5 Å². The minimum atomic E-state index is -0.446. The molecule has 2 N–H and O–H groups in total. The second-order valence-corrected chi connectivity index (χ2v) is 6.01. The molecule has 1 amide bonds. The summed E-state index contributed by atoms with van der Waals surface area (Å²) in [7, 11) is 3.31. The molecular formula is C22H21NO3. The van der Waals surface area contributed by atoms with Gasteiger partial charge >= 0.3 is 0 Å². The number of primary amides is 1. The fraction of sp³-hybridized carbons (Fsp3) is 0.136. The molecule has 4 heteroatoms. The van der Waals surface area contributed by atoms with Crippen molar-refractivity contribution in [2.75, 3.05) is 14.2 Å². The number of rotatable bonds is 6. The van der Waals surface area contributed by atoms with Crippen molar-refractivity contribution < 1.29 is 14.3 Å². The number of methoxy groups -OCH3 is 2. The smallest absolute Gasteiger partial charge is 0.241 e. The maximum absolute atomic E-state index is 10.9. The first kappa shape index (κ1) is 17.5. The van der Waals surface area contributed by atoms with Crippen molar-refractivity contribution in [1.29, 1.82) is 0 Å². The number of carbonyl (C=O) groups excluding carboxylic acids is 1. The average Bonchev–Trinajstić information content (AvgIpc) is 2.66. The van der Waals surface area contributed by atoms with Crippen molar-refractivity contribution in [2.45, 2.75) is 6.42 Å². The number of carbonyl (C=O) groups is 1. The van der Waals surface area contributed by atoms with E-state index in [0.29, 0.717) is 6.42 Å². The number of hydrogen-bond acceptors (Lipinski definition) is 3. The first-order valence-electron chi connectivity index (χ1n) is 8.31. The Labute approximate surface area is 152 Å². The van der Waals surface area contributed by atoms with Gasteiger partial charge in [-0.15, -0.1) is 0 Å². The van der Waals surface area contributed by atoms with E-state index in [0.717, 1.165) is 39.0 Å². The predicted molar refractivity (Wildman–Crippen MR) is 105 cm³/mol. The van der Waals surface area contributed by atoms with E-state index in [9.17, 15) is 4.79 Å². The molecular weight excluding hydrogens is 326 g/mol. The lowest BCUT2D eigenvalue weighted by Crippen LogP contribution is -2.05. The molecule has 3 aromatic carbocycles. The van der Waals surface area contributed by atoms with Crippen molar-refractivity contribution in [1.82, 2.24) is 0 Å². The van der Waals surface area contributed by atoms with Gasteiger partial charge in [0.05, 0.1) is 14.2 Å². The molecule has 0 aromatic heterocycles. The summed E-state index contributed by atoms with van der Waals surface area (Å²) in [4.78, 5) is 10.9. The monoisotopic (exact) mass is 347 g/mol. The number of allylic oxidation sites excluding steroid dienone is 1. The fourth-order valence-corrected chi connectivity index (χ4v) is 2.90. The van der Waals surface area contributed by atoms with E-state index in [1.165, 1.54) is 6.08 Å². The summed E-state index contributed by atoms with van der Waals surface area (Å²) in [5.41, 5.74) is 8.35. The summed E-state index contributed by atoms with van der Waals surface area (Å²) in [6.07, 6.45) is 3.74. The van der Waals surface area contributed by atoms with Gasteiger partial charge in [0.1, 0.15) is 11.5 Å².